The first-order chi connectivity index (χ1) is 9.29. The molecule has 0 saturated heterocycles. The highest BCUT2D eigenvalue weighted by molar-refractivity contribution is 7.89. The van der Waals surface area contributed by atoms with Crippen LogP contribution in [0.5, 0.6) is 0 Å². The molecule has 0 aliphatic rings. The van der Waals surface area contributed by atoms with Gasteiger partial charge in [0.05, 0.1) is 0 Å². The van der Waals surface area contributed by atoms with Crippen molar-refractivity contribution in [3.8, 4) is 0 Å². The zero-order valence-electron chi connectivity index (χ0n) is 12.8. The number of nitrogens with one attached hydrogen (secondary N) is 2. The van der Waals surface area contributed by atoms with E-state index in [2.05, 4.69) is 42.7 Å². The van der Waals surface area contributed by atoms with Crippen LogP contribution in [0.25, 0.3) is 0 Å². The van der Waals surface area contributed by atoms with Crippen LogP contribution in [-0.2, 0) is 10.0 Å². The van der Waals surface area contributed by atoms with E-state index in [1.54, 1.807) is 25.4 Å². The van der Waals surface area contributed by atoms with Crippen LogP contribution < -0.4 is 10.0 Å². The third kappa shape index (κ3) is 4.18. The molecule has 0 unspecified atom stereocenters. The molecule has 0 fully saturated rings. The van der Waals surface area contributed by atoms with Crippen LogP contribution in [0, 0.1) is 17.8 Å². The number of hydrogen-bond acceptors (Lipinski definition) is 4. The topological polar surface area (TPSA) is 71.1 Å². The summed E-state index contributed by atoms with van der Waals surface area (Å²) in [7, 11) is -1.88. The summed E-state index contributed by atoms with van der Waals surface area (Å²) < 4.78 is 27.4. The number of rotatable bonds is 7. The average molecular weight is 299 g/mol. The first-order valence-corrected chi connectivity index (χ1v) is 8.40. The zero-order chi connectivity index (χ0) is 15.3. The van der Waals surface area contributed by atoms with Gasteiger partial charge in [-0.2, -0.15) is 0 Å². The molecule has 0 aromatic carbocycles. The first kappa shape index (κ1) is 16.9. The van der Waals surface area contributed by atoms with Crippen LogP contribution in [0.4, 0.5) is 5.82 Å². The Kier molecular flexibility index (Phi) is 5.95. The van der Waals surface area contributed by atoms with Gasteiger partial charge < -0.3 is 5.32 Å². The van der Waals surface area contributed by atoms with Crippen LogP contribution in [0.15, 0.2) is 23.2 Å². The number of aromatic nitrogens is 1. The van der Waals surface area contributed by atoms with Gasteiger partial charge in [-0.3, -0.25) is 0 Å². The Labute approximate surface area is 122 Å². The molecule has 0 saturated carbocycles. The van der Waals surface area contributed by atoms with Gasteiger partial charge >= 0.3 is 0 Å². The maximum Gasteiger partial charge on any atom is 0.244 e. The molecular weight excluding hydrogens is 274 g/mol. The number of nitrogens with zero attached hydrogens (tertiary/aromatic N) is 1. The van der Waals surface area contributed by atoms with E-state index in [4.69, 9.17) is 0 Å². The Morgan fingerprint density at radius 3 is 2.30 bits per heavy atom. The van der Waals surface area contributed by atoms with Crippen molar-refractivity contribution >= 4 is 15.8 Å². The predicted octanol–water partition coefficient (Wildman–Crippen LogP) is 2.33. The van der Waals surface area contributed by atoms with E-state index in [1.807, 2.05) is 0 Å². The van der Waals surface area contributed by atoms with Crippen molar-refractivity contribution < 1.29 is 8.42 Å². The van der Waals surface area contributed by atoms with E-state index in [1.165, 1.54) is 0 Å². The second kappa shape index (κ2) is 7.04. The van der Waals surface area contributed by atoms with E-state index >= 15 is 0 Å². The van der Waals surface area contributed by atoms with Crippen molar-refractivity contribution in [3.63, 3.8) is 0 Å². The summed E-state index contributed by atoms with van der Waals surface area (Å²) in [6.45, 7) is 8.89. The van der Waals surface area contributed by atoms with Crippen LogP contribution in [0.1, 0.15) is 27.7 Å². The minimum absolute atomic E-state index is 0.189. The van der Waals surface area contributed by atoms with Crippen molar-refractivity contribution in [2.45, 2.75) is 32.6 Å². The van der Waals surface area contributed by atoms with E-state index in [0.29, 0.717) is 30.1 Å². The van der Waals surface area contributed by atoms with E-state index < -0.39 is 10.0 Å². The number of hydrogen-bond donors (Lipinski definition) is 2. The number of sulfonamides is 1. The highest BCUT2D eigenvalue weighted by Gasteiger charge is 2.23. The highest BCUT2D eigenvalue weighted by Crippen LogP contribution is 2.22. The molecule has 2 N–H and O–H groups in total. The van der Waals surface area contributed by atoms with Gasteiger partial charge in [-0.25, -0.2) is 18.1 Å². The Hall–Kier alpha value is -1.14. The van der Waals surface area contributed by atoms with Crippen molar-refractivity contribution in [2.75, 3.05) is 18.9 Å². The summed E-state index contributed by atoms with van der Waals surface area (Å²) in [5, 5.41) is 2.80. The molecule has 1 heterocycles. The van der Waals surface area contributed by atoms with Crippen LogP contribution in [-0.4, -0.2) is 27.0 Å². The Balaban J connectivity index is 2.90. The van der Waals surface area contributed by atoms with Gasteiger partial charge in [-0.05, 0) is 29.9 Å². The number of anilines is 1. The van der Waals surface area contributed by atoms with Gasteiger partial charge in [-0.15, -0.1) is 0 Å². The molecule has 0 radical (unpaired) electrons. The Morgan fingerprint density at radius 2 is 1.80 bits per heavy atom. The fourth-order valence-electron chi connectivity index (χ4n) is 2.32. The third-order valence-corrected chi connectivity index (χ3v) is 4.97. The molecule has 0 bridgehead atoms. The predicted molar refractivity (Wildman–Crippen MR) is 82.1 cm³/mol. The van der Waals surface area contributed by atoms with Gasteiger partial charge in [0.2, 0.25) is 10.0 Å². The lowest BCUT2D eigenvalue weighted by atomic mass is 9.86. The summed E-state index contributed by atoms with van der Waals surface area (Å²) in [5.41, 5.74) is 0. The molecule has 1 rings (SSSR count). The van der Waals surface area contributed by atoms with Crippen molar-refractivity contribution in [2.24, 2.45) is 17.8 Å². The van der Waals surface area contributed by atoms with Gasteiger partial charge in [0.15, 0.2) is 0 Å². The fraction of sp³-hybridized carbons (Fsp3) is 0.643. The number of pyridine rings is 1. The van der Waals surface area contributed by atoms with E-state index in [0.717, 1.165) is 0 Å². The lowest BCUT2D eigenvalue weighted by Crippen LogP contribution is -2.34. The van der Waals surface area contributed by atoms with Crippen molar-refractivity contribution in [3.05, 3.63) is 18.3 Å². The molecule has 0 aliphatic heterocycles. The molecule has 0 aliphatic carbocycles. The van der Waals surface area contributed by atoms with Gasteiger partial charge in [0.25, 0.3) is 0 Å². The second-order valence-electron chi connectivity index (χ2n) is 5.60. The molecular formula is C14H25N3O2S. The van der Waals surface area contributed by atoms with E-state index in [-0.39, 0.29) is 4.90 Å². The van der Waals surface area contributed by atoms with Crippen LogP contribution in [0.3, 0.4) is 0 Å². The molecule has 20 heavy (non-hydrogen) atoms. The van der Waals surface area contributed by atoms with E-state index in [9.17, 15) is 8.42 Å². The fourth-order valence-corrected chi connectivity index (χ4v) is 3.55. The molecule has 0 spiro atoms. The molecule has 1 aromatic rings. The smallest absolute Gasteiger partial charge is 0.244 e. The molecule has 5 nitrogen and oxygen atoms in total. The Morgan fingerprint density at radius 1 is 1.20 bits per heavy atom. The standard InChI is InChI=1S/C14H25N3O2S/c1-10(2)12(11(3)4)9-17-20(18,19)13-7-6-8-16-14(13)15-5/h6-8,10-12,17H,9H2,1-5H3,(H,15,16). The van der Waals surface area contributed by atoms with Crippen molar-refractivity contribution in [1.29, 1.82) is 0 Å². The minimum Gasteiger partial charge on any atom is -0.372 e. The van der Waals surface area contributed by atoms with Gasteiger partial charge in [0.1, 0.15) is 10.7 Å². The summed E-state index contributed by atoms with van der Waals surface area (Å²) in [4.78, 5) is 4.22. The first-order valence-electron chi connectivity index (χ1n) is 6.92. The summed E-state index contributed by atoms with van der Waals surface area (Å²) >= 11 is 0. The quantitative estimate of drug-likeness (QED) is 0.810. The van der Waals surface area contributed by atoms with Crippen LogP contribution in [0.2, 0.25) is 0 Å². The third-order valence-electron chi connectivity index (χ3n) is 3.52. The summed E-state index contributed by atoms with van der Waals surface area (Å²) in [6, 6.07) is 3.18. The summed E-state index contributed by atoms with van der Waals surface area (Å²) in [5.74, 6) is 1.52. The SMILES string of the molecule is CNc1ncccc1S(=O)(=O)NCC(C(C)C)C(C)C. The molecule has 0 amide bonds. The maximum absolute atomic E-state index is 12.4. The monoisotopic (exact) mass is 299 g/mol. The van der Waals surface area contributed by atoms with Gasteiger partial charge in [0, 0.05) is 19.8 Å². The van der Waals surface area contributed by atoms with Gasteiger partial charge in [-0.1, -0.05) is 27.7 Å². The van der Waals surface area contributed by atoms with Crippen molar-refractivity contribution in [1.82, 2.24) is 9.71 Å². The zero-order valence-corrected chi connectivity index (χ0v) is 13.7. The molecule has 114 valence electrons. The lowest BCUT2D eigenvalue weighted by molar-refractivity contribution is 0.289. The highest BCUT2D eigenvalue weighted by atomic mass is 32.2. The minimum atomic E-state index is -3.54. The maximum atomic E-state index is 12.4. The summed E-state index contributed by atoms with van der Waals surface area (Å²) in [6.07, 6.45) is 1.57. The Bertz CT molecular complexity index is 519. The average Bonchev–Trinajstić information content (AvgIpc) is 2.37. The second-order valence-corrected chi connectivity index (χ2v) is 7.34. The normalized spacial score (nSPS) is 12.4. The van der Waals surface area contributed by atoms with Crippen LogP contribution >= 0.6 is 0 Å². The molecule has 1 aromatic heterocycles. The molecule has 6 heteroatoms. The molecule has 0 atom stereocenters. The lowest BCUT2D eigenvalue weighted by Gasteiger charge is -2.25. The largest absolute Gasteiger partial charge is 0.372 e.